The molecule has 3 N–H and O–H groups in total. The molecule has 1 saturated heterocycles. The van der Waals surface area contributed by atoms with Crippen LogP contribution in [0.2, 0.25) is 0 Å². The average Bonchev–Trinajstić information content (AvgIpc) is 2.61. The van der Waals surface area contributed by atoms with Crippen LogP contribution in [0.15, 0.2) is 24.3 Å². The van der Waals surface area contributed by atoms with E-state index in [4.69, 9.17) is 5.73 Å². The lowest BCUT2D eigenvalue weighted by molar-refractivity contribution is -0.130. The second-order valence-corrected chi connectivity index (χ2v) is 7.34. The number of benzene rings is 1. The van der Waals surface area contributed by atoms with Gasteiger partial charge in [-0.15, -0.1) is 12.4 Å². The summed E-state index contributed by atoms with van der Waals surface area (Å²) in [4.78, 5) is 27.6. The fourth-order valence-electron chi connectivity index (χ4n) is 2.78. The van der Waals surface area contributed by atoms with E-state index in [1.54, 1.807) is 18.7 Å². The zero-order valence-corrected chi connectivity index (χ0v) is 17.1. The summed E-state index contributed by atoms with van der Waals surface area (Å²) in [5.41, 5.74) is 7.85. The smallest absolute Gasteiger partial charge is 0.241 e. The topological polar surface area (TPSA) is 78.7 Å². The molecule has 2 rings (SSSR count). The van der Waals surface area contributed by atoms with Crippen LogP contribution >= 0.6 is 24.2 Å². The van der Waals surface area contributed by atoms with Crippen molar-refractivity contribution in [3.63, 3.8) is 0 Å². The summed E-state index contributed by atoms with van der Waals surface area (Å²) in [5.74, 6) is 0.891. The summed E-state index contributed by atoms with van der Waals surface area (Å²) in [6.45, 7) is 5.84. The van der Waals surface area contributed by atoms with Crippen molar-refractivity contribution in [2.75, 3.05) is 43.5 Å². The quantitative estimate of drug-likeness (QED) is 0.729. The Morgan fingerprint density at radius 2 is 1.81 bits per heavy atom. The van der Waals surface area contributed by atoms with E-state index in [0.717, 1.165) is 44.2 Å². The number of anilines is 1. The second-order valence-electron chi connectivity index (χ2n) is 6.36. The van der Waals surface area contributed by atoms with Gasteiger partial charge in [0, 0.05) is 45.3 Å². The third kappa shape index (κ3) is 7.15. The first-order valence-electron chi connectivity index (χ1n) is 8.62. The molecule has 1 aromatic rings. The van der Waals surface area contributed by atoms with Crippen LogP contribution < -0.4 is 11.1 Å². The fourth-order valence-corrected chi connectivity index (χ4v) is 3.27. The number of piperazine rings is 1. The summed E-state index contributed by atoms with van der Waals surface area (Å²) >= 11 is 1.69. The van der Waals surface area contributed by atoms with Crippen molar-refractivity contribution in [1.82, 2.24) is 9.80 Å². The maximum Gasteiger partial charge on any atom is 0.241 e. The van der Waals surface area contributed by atoms with Gasteiger partial charge in [-0.2, -0.15) is 11.8 Å². The number of nitrogens with zero attached hydrogens (tertiary/aromatic N) is 2. The molecular formula is C18H29ClN4O2S. The van der Waals surface area contributed by atoms with Crippen LogP contribution in [0.3, 0.4) is 0 Å². The van der Waals surface area contributed by atoms with Crippen molar-refractivity contribution in [2.45, 2.75) is 25.9 Å². The van der Waals surface area contributed by atoms with Crippen molar-refractivity contribution in [1.29, 1.82) is 0 Å². The van der Waals surface area contributed by atoms with E-state index in [0.29, 0.717) is 6.42 Å². The minimum Gasteiger partial charge on any atom is -0.340 e. The molecule has 0 saturated carbocycles. The number of rotatable bonds is 7. The summed E-state index contributed by atoms with van der Waals surface area (Å²) in [5, 5.41) is 2.87. The predicted octanol–water partition coefficient (Wildman–Crippen LogP) is 1.79. The van der Waals surface area contributed by atoms with Crippen LogP contribution in [0.1, 0.15) is 18.9 Å². The minimum absolute atomic E-state index is 0. The number of halogens is 1. The van der Waals surface area contributed by atoms with E-state index in [1.807, 2.05) is 35.4 Å². The third-order valence-electron chi connectivity index (χ3n) is 4.42. The Morgan fingerprint density at radius 3 is 2.35 bits per heavy atom. The number of nitrogens with two attached hydrogens (primary N) is 1. The normalized spacial score (nSPS) is 15.9. The number of hydrogen-bond donors (Lipinski definition) is 2. The molecule has 1 aliphatic heterocycles. The maximum absolute atomic E-state index is 12.0. The van der Waals surface area contributed by atoms with Crippen LogP contribution in [-0.4, -0.2) is 65.8 Å². The van der Waals surface area contributed by atoms with Crippen molar-refractivity contribution in [3.05, 3.63) is 29.8 Å². The van der Waals surface area contributed by atoms with Crippen LogP contribution in [0, 0.1) is 0 Å². The fraction of sp³-hybridized carbons (Fsp3) is 0.556. The van der Waals surface area contributed by atoms with Crippen molar-refractivity contribution in [3.8, 4) is 0 Å². The Kier molecular flexibility index (Phi) is 10.0. The Balaban J connectivity index is 0.00000338. The Hall–Kier alpha value is -1.28. The number of carbonyl (C=O) groups excluding carboxylic acids is 2. The molecule has 146 valence electrons. The third-order valence-corrected chi connectivity index (χ3v) is 5.06. The van der Waals surface area contributed by atoms with Crippen molar-refractivity contribution >= 4 is 41.7 Å². The second kappa shape index (κ2) is 11.4. The van der Waals surface area contributed by atoms with Gasteiger partial charge in [-0.05, 0) is 36.1 Å². The van der Waals surface area contributed by atoms with Gasteiger partial charge in [0.1, 0.15) is 0 Å². The van der Waals surface area contributed by atoms with Gasteiger partial charge in [-0.3, -0.25) is 14.5 Å². The molecule has 0 radical (unpaired) electrons. The molecule has 0 spiro atoms. The van der Waals surface area contributed by atoms with Gasteiger partial charge >= 0.3 is 0 Å². The number of thioether (sulfide) groups is 1. The van der Waals surface area contributed by atoms with E-state index in [9.17, 15) is 9.59 Å². The first-order valence-corrected chi connectivity index (χ1v) is 10.0. The molecule has 1 atom stereocenters. The Labute approximate surface area is 166 Å². The monoisotopic (exact) mass is 400 g/mol. The van der Waals surface area contributed by atoms with Gasteiger partial charge in [-0.1, -0.05) is 12.1 Å². The van der Waals surface area contributed by atoms with Crippen molar-refractivity contribution in [2.24, 2.45) is 5.73 Å². The zero-order chi connectivity index (χ0) is 18.2. The summed E-state index contributed by atoms with van der Waals surface area (Å²) in [6.07, 6.45) is 2.68. The molecule has 0 aliphatic carbocycles. The molecule has 1 aliphatic rings. The van der Waals surface area contributed by atoms with Gasteiger partial charge in [0.15, 0.2) is 0 Å². The lowest BCUT2D eigenvalue weighted by Crippen LogP contribution is -2.47. The first kappa shape index (κ1) is 22.8. The van der Waals surface area contributed by atoms with Crippen LogP contribution in [0.5, 0.6) is 0 Å². The van der Waals surface area contributed by atoms with Crippen LogP contribution in [0.25, 0.3) is 0 Å². The van der Waals surface area contributed by atoms with E-state index in [1.165, 1.54) is 5.56 Å². The van der Waals surface area contributed by atoms with Crippen LogP contribution in [0.4, 0.5) is 5.69 Å². The van der Waals surface area contributed by atoms with Crippen LogP contribution in [-0.2, 0) is 16.1 Å². The lowest BCUT2D eigenvalue weighted by Gasteiger charge is -2.34. The largest absolute Gasteiger partial charge is 0.340 e. The summed E-state index contributed by atoms with van der Waals surface area (Å²) < 4.78 is 0. The number of amides is 2. The molecule has 0 bridgehead atoms. The predicted molar refractivity (Wildman–Crippen MR) is 111 cm³/mol. The number of hydrogen-bond acceptors (Lipinski definition) is 5. The van der Waals surface area contributed by atoms with Gasteiger partial charge in [0.2, 0.25) is 11.8 Å². The highest BCUT2D eigenvalue weighted by atomic mass is 35.5. The molecule has 1 unspecified atom stereocenters. The SMILES string of the molecule is CSCCC(N)C(=O)Nc1ccc(CN2CCN(C(C)=O)CC2)cc1.Cl. The molecule has 1 heterocycles. The minimum atomic E-state index is -0.468. The maximum atomic E-state index is 12.0. The first-order chi connectivity index (χ1) is 12.0. The van der Waals surface area contributed by atoms with E-state index in [-0.39, 0.29) is 24.2 Å². The van der Waals surface area contributed by atoms with E-state index in [2.05, 4.69) is 10.2 Å². The van der Waals surface area contributed by atoms with E-state index < -0.39 is 6.04 Å². The highest BCUT2D eigenvalue weighted by Crippen LogP contribution is 2.14. The average molecular weight is 401 g/mol. The Morgan fingerprint density at radius 1 is 1.19 bits per heavy atom. The highest BCUT2D eigenvalue weighted by Gasteiger charge is 2.18. The molecule has 1 aromatic carbocycles. The highest BCUT2D eigenvalue weighted by molar-refractivity contribution is 7.98. The molecular weight excluding hydrogens is 372 g/mol. The number of carbonyl (C=O) groups is 2. The standard InChI is InChI=1S/C18H28N4O2S.ClH/c1-14(23)22-10-8-21(9-11-22)13-15-3-5-16(6-4-15)20-18(24)17(19)7-12-25-2;/h3-6,17H,7-13,19H2,1-2H3,(H,20,24);1H. The zero-order valence-electron chi connectivity index (χ0n) is 15.4. The molecule has 2 amide bonds. The summed E-state index contributed by atoms with van der Waals surface area (Å²) in [6, 6.07) is 7.42. The molecule has 6 nitrogen and oxygen atoms in total. The van der Waals surface area contributed by atoms with Gasteiger partial charge in [-0.25, -0.2) is 0 Å². The van der Waals surface area contributed by atoms with E-state index >= 15 is 0 Å². The molecule has 26 heavy (non-hydrogen) atoms. The molecule has 0 aromatic heterocycles. The Bertz CT molecular complexity index is 577. The van der Waals surface area contributed by atoms with Gasteiger partial charge < -0.3 is 16.0 Å². The van der Waals surface area contributed by atoms with Gasteiger partial charge in [0.05, 0.1) is 6.04 Å². The summed E-state index contributed by atoms with van der Waals surface area (Å²) in [7, 11) is 0. The molecule has 1 fully saturated rings. The van der Waals surface area contributed by atoms with Crippen molar-refractivity contribution < 1.29 is 9.59 Å². The molecule has 8 heteroatoms. The number of nitrogens with one attached hydrogen (secondary N) is 1. The van der Waals surface area contributed by atoms with Gasteiger partial charge in [0.25, 0.3) is 0 Å². The lowest BCUT2D eigenvalue weighted by atomic mass is 10.1.